The Morgan fingerprint density at radius 2 is 0.789 bits per heavy atom. The first kappa shape index (κ1) is 33.1. The van der Waals surface area contributed by atoms with E-state index < -0.39 is 0 Å². The summed E-state index contributed by atoms with van der Waals surface area (Å²) in [7, 11) is 0. The van der Waals surface area contributed by atoms with E-state index in [9.17, 15) is 0 Å². The smallest absolute Gasteiger partial charge is 0.165 e. The van der Waals surface area contributed by atoms with E-state index in [1.54, 1.807) is 11.3 Å². The Morgan fingerprint density at radius 1 is 0.281 bits per heavy atom. The molecule has 57 heavy (non-hydrogen) atoms. The number of hydrogen-bond donors (Lipinski definition) is 0. The molecule has 9 aromatic carbocycles. The van der Waals surface area contributed by atoms with Crippen molar-refractivity contribution in [2.45, 2.75) is 0 Å². The Kier molecular flexibility index (Phi) is 8.01. The van der Waals surface area contributed by atoms with Gasteiger partial charge >= 0.3 is 0 Å². The van der Waals surface area contributed by atoms with E-state index in [0.717, 1.165) is 54.9 Å². The maximum Gasteiger partial charge on any atom is 0.165 e. The first-order valence-electron chi connectivity index (χ1n) is 19.2. The van der Waals surface area contributed by atoms with Gasteiger partial charge in [-0.15, -0.1) is 11.3 Å². The van der Waals surface area contributed by atoms with Crippen molar-refractivity contribution in [1.29, 1.82) is 0 Å². The second-order valence-electron chi connectivity index (χ2n) is 14.3. The van der Waals surface area contributed by atoms with Crippen LogP contribution in [0.3, 0.4) is 0 Å². The summed E-state index contributed by atoms with van der Waals surface area (Å²) in [6.45, 7) is 0. The van der Waals surface area contributed by atoms with Crippen molar-refractivity contribution >= 4 is 53.1 Å². The molecule has 0 saturated carbocycles. The third kappa shape index (κ3) is 5.78. The van der Waals surface area contributed by atoms with Crippen LogP contribution in [0.5, 0.6) is 0 Å². The molecule has 2 aromatic heterocycles. The van der Waals surface area contributed by atoms with Crippen molar-refractivity contribution in [2.75, 3.05) is 0 Å². The van der Waals surface area contributed by atoms with Crippen molar-refractivity contribution < 1.29 is 0 Å². The fourth-order valence-corrected chi connectivity index (χ4v) is 9.45. The van der Waals surface area contributed by atoms with E-state index in [4.69, 9.17) is 15.0 Å². The van der Waals surface area contributed by atoms with Crippen molar-refractivity contribution in [3.8, 4) is 67.5 Å². The minimum absolute atomic E-state index is 0.641. The van der Waals surface area contributed by atoms with E-state index in [1.165, 1.54) is 36.9 Å². The van der Waals surface area contributed by atoms with Crippen molar-refractivity contribution in [1.82, 2.24) is 15.0 Å². The summed E-state index contributed by atoms with van der Waals surface area (Å²) in [4.78, 5) is 16.2. The predicted molar refractivity (Wildman–Crippen MR) is 240 cm³/mol. The lowest BCUT2D eigenvalue weighted by Gasteiger charge is -2.16. The van der Waals surface area contributed by atoms with Gasteiger partial charge in [0.2, 0.25) is 0 Å². The van der Waals surface area contributed by atoms with Gasteiger partial charge in [-0.3, -0.25) is 0 Å². The molecular formula is C53H33N3S. The third-order valence-corrected chi connectivity index (χ3v) is 12.2. The summed E-state index contributed by atoms with van der Waals surface area (Å²) in [5, 5.41) is 6.92. The largest absolute Gasteiger partial charge is 0.208 e. The van der Waals surface area contributed by atoms with Crippen LogP contribution in [0.15, 0.2) is 200 Å². The minimum atomic E-state index is 0.641. The zero-order valence-electron chi connectivity index (χ0n) is 30.8. The summed E-state index contributed by atoms with van der Waals surface area (Å²) < 4.78 is 2.41. The van der Waals surface area contributed by atoms with E-state index in [-0.39, 0.29) is 0 Å². The fourth-order valence-electron chi connectivity index (χ4n) is 8.24. The van der Waals surface area contributed by atoms with Crippen LogP contribution in [0.4, 0.5) is 0 Å². The van der Waals surface area contributed by atoms with Gasteiger partial charge in [0.15, 0.2) is 17.5 Å². The van der Waals surface area contributed by atoms with Crippen molar-refractivity contribution in [3.63, 3.8) is 0 Å². The Labute approximate surface area is 334 Å². The number of hydrogen-bond acceptors (Lipinski definition) is 4. The van der Waals surface area contributed by atoms with Gasteiger partial charge in [0.25, 0.3) is 0 Å². The van der Waals surface area contributed by atoms with Gasteiger partial charge in [-0.25, -0.2) is 15.0 Å². The lowest BCUT2D eigenvalue weighted by Crippen LogP contribution is -2.02. The molecule has 0 bridgehead atoms. The second-order valence-corrected chi connectivity index (χ2v) is 15.4. The van der Waals surface area contributed by atoms with Crippen LogP contribution in [0.2, 0.25) is 0 Å². The van der Waals surface area contributed by atoms with Gasteiger partial charge in [-0.1, -0.05) is 182 Å². The molecule has 0 N–H and O–H groups in total. The van der Waals surface area contributed by atoms with Crippen molar-refractivity contribution in [2.24, 2.45) is 0 Å². The average molecular weight is 744 g/mol. The summed E-state index contributed by atoms with van der Waals surface area (Å²) in [5.74, 6) is 1.94. The SMILES string of the molecule is c1ccc(-c2ccc(-c3ccc(-c4nc(-c5c(-c6ccccc6)ccc6ccccc56)nc(-c5cccc6c5sc5ccccc56)n4)c4ccccc34)cc2)cc1. The van der Waals surface area contributed by atoms with Crippen LogP contribution >= 0.6 is 11.3 Å². The molecule has 0 amide bonds. The molecule has 2 heterocycles. The van der Waals surface area contributed by atoms with E-state index in [2.05, 4.69) is 200 Å². The summed E-state index contributed by atoms with van der Waals surface area (Å²) in [5.41, 5.74) is 9.88. The van der Waals surface area contributed by atoms with Crippen LogP contribution < -0.4 is 0 Å². The minimum Gasteiger partial charge on any atom is -0.208 e. The highest BCUT2D eigenvalue weighted by molar-refractivity contribution is 7.26. The van der Waals surface area contributed by atoms with Crippen LogP contribution in [0.1, 0.15) is 0 Å². The highest BCUT2D eigenvalue weighted by Gasteiger charge is 2.21. The molecule has 0 aliphatic carbocycles. The Bertz CT molecular complexity index is 3280. The molecule has 0 unspecified atom stereocenters. The molecule has 3 nitrogen and oxygen atoms in total. The molecule has 0 aliphatic heterocycles. The zero-order valence-corrected chi connectivity index (χ0v) is 31.6. The number of rotatable bonds is 6. The quantitative estimate of drug-likeness (QED) is 0.170. The Morgan fingerprint density at radius 3 is 1.56 bits per heavy atom. The molecule has 0 radical (unpaired) electrons. The van der Waals surface area contributed by atoms with Crippen LogP contribution in [0.25, 0.3) is 109 Å². The van der Waals surface area contributed by atoms with Gasteiger partial charge < -0.3 is 0 Å². The molecule has 266 valence electrons. The summed E-state index contributed by atoms with van der Waals surface area (Å²) >= 11 is 1.79. The van der Waals surface area contributed by atoms with Gasteiger partial charge in [-0.2, -0.15) is 0 Å². The fraction of sp³-hybridized carbons (Fsp3) is 0. The molecule has 11 rings (SSSR count). The average Bonchev–Trinajstić information content (AvgIpc) is 3.68. The summed E-state index contributed by atoms with van der Waals surface area (Å²) in [6, 6.07) is 71.0. The normalized spacial score (nSPS) is 11.5. The molecule has 0 fully saturated rings. The second kappa shape index (κ2) is 13.8. The number of fused-ring (bicyclic) bond motifs is 5. The van der Waals surface area contributed by atoms with Gasteiger partial charge in [0, 0.05) is 36.9 Å². The number of benzene rings is 9. The van der Waals surface area contributed by atoms with E-state index in [0.29, 0.717) is 17.5 Å². The number of thiophene rings is 1. The highest BCUT2D eigenvalue weighted by atomic mass is 32.1. The highest BCUT2D eigenvalue weighted by Crippen LogP contribution is 2.43. The van der Waals surface area contributed by atoms with Crippen molar-refractivity contribution in [3.05, 3.63) is 200 Å². The number of aromatic nitrogens is 3. The lowest BCUT2D eigenvalue weighted by atomic mass is 9.93. The Hall–Kier alpha value is -7.27. The first-order valence-corrected chi connectivity index (χ1v) is 20.0. The molecule has 11 aromatic rings. The third-order valence-electron chi connectivity index (χ3n) is 11.0. The standard InChI is InChI=1S/C53H33N3S/c1-3-14-34(15-4-1)35-26-28-38(29-27-35)39-32-33-46(43-21-10-9-20-42(39)43)51-54-52(47-24-13-23-45-44-22-11-12-25-48(44)57-50(45)47)56-53(55-51)49-40-19-8-7-18-37(40)30-31-41(49)36-16-5-2-6-17-36/h1-33H. The first-order chi connectivity index (χ1) is 28.3. The lowest BCUT2D eigenvalue weighted by molar-refractivity contribution is 1.08. The predicted octanol–water partition coefficient (Wildman–Crippen LogP) is 14.5. The Balaban J connectivity index is 1.16. The van der Waals surface area contributed by atoms with E-state index >= 15 is 0 Å². The zero-order chi connectivity index (χ0) is 37.7. The maximum atomic E-state index is 5.44. The molecule has 0 saturated heterocycles. The van der Waals surface area contributed by atoms with Crippen LogP contribution in [-0.2, 0) is 0 Å². The van der Waals surface area contributed by atoms with Gasteiger partial charge in [-0.05, 0) is 73.1 Å². The van der Waals surface area contributed by atoms with Crippen LogP contribution in [-0.4, -0.2) is 15.0 Å². The topological polar surface area (TPSA) is 38.7 Å². The molecule has 4 heteroatoms. The van der Waals surface area contributed by atoms with Gasteiger partial charge in [0.05, 0.1) is 0 Å². The van der Waals surface area contributed by atoms with Gasteiger partial charge in [0.1, 0.15) is 0 Å². The molecule has 0 spiro atoms. The number of nitrogens with zero attached hydrogens (tertiary/aromatic N) is 3. The monoisotopic (exact) mass is 743 g/mol. The molecule has 0 atom stereocenters. The molecular weight excluding hydrogens is 711 g/mol. The van der Waals surface area contributed by atoms with Crippen LogP contribution in [0, 0.1) is 0 Å². The molecule has 0 aliphatic rings. The maximum absolute atomic E-state index is 5.44. The van der Waals surface area contributed by atoms with E-state index in [1.807, 2.05) is 0 Å². The summed E-state index contributed by atoms with van der Waals surface area (Å²) in [6.07, 6.45) is 0.